The summed E-state index contributed by atoms with van der Waals surface area (Å²) in [7, 11) is 3.12. The molecule has 1 heterocycles. The number of aromatic nitrogens is 1. The topological polar surface area (TPSA) is 113 Å². The van der Waals surface area contributed by atoms with E-state index < -0.39 is 23.7 Å². The van der Waals surface area contributed by atoms with E-state index in [0.717, 1.165) is 6.07 Å². The van der Waals surface area contributed by atoms with Gasteiger partial charge in [-0.15, -0.1) is 0 Å². The van der Waals surface area contributed by atoms with Crippen LogP contribution in [0.25, 0.3) is 0 Å². The van der Waals surface area contributed by atoms with Crippen LogP contribution in [0.5, 0.6) is 0 Å². The van der Waals surface area contributed by atoms with Gasteiger partial charge < -0.3 is 19.8 Å². The summed E-state index contributed by atoms with van der Waals surface area (Å²) in [5.74, 6) is -2.72. The predicted octanol–water partition coefficient (Wildman–Crippen LogP) is -0.421. The number of hydrogen-bond acceptors (Lipinski definition) is 5. The fraction of sp³-hybridized carbons (Fsp3) is 0.400. The lowest BCUT2D eigenvalue weighted by molar-refractivity contribution is -0.130. The van der Waals surface area contributed by atoms with Crippen LogP contribution in [0.3, 0.4) is 0 Å². The molecule has 1 aromatic rings. The van der Waals surface area contributed by atoms with Gasteiger partial charge in [0.2, 0.25) is 11.7 Å². The third-order valence-electron chi connectivity index (χ3n) is 2.11. The Morgan fingerprint density at radius 2 is 2.06 bits per heavy atom. The highest BCUT2D eigenvalue weighted by atomic mass is 16.5. The Labute approximate surface area is 103 Å². The van der Waals surface area contributed by atoms with E-state index in [9.17, 15) is 14.4 Å². The molecule has 0 saturated heterocycles. The highest BCUT2D eigenvalue weighted by molar-refractivity contribution is 5.97. The Morgan fingerprint density at radius 1 is 1.44 bits per heavy atom. The van der Waals surface area contributed by atoms with Crippen LogP contribution in [-0.4, -0.2) is 53.1 Å². The van der Waals surface area contributed by atoms with Gasteiger partial charge in [0, 0.05) is 20.2 Å². The zero-order valence-electron chi connectivity index (χ0n) is 10.1. The number of rotatable bonds is 4. The predicted molar refractivity (Wildman–Crippen MR) is 59.1 cm³/mol. The van der Waals surface area contributed by atoms with Crippen LogP contribution in [0, 0.1) is 0 Å². The summed E-state index contributed by atoms with van der Waals surface area (Å²) < 4.78 is 4.43. The molecule has 0 spiro atoms. The SMILES string of the molecule is CC(NC(=O)c1cc(C(=O)O)on1)C(=O)N(C)C. The van der Waals surface area contributed by atoms with E-state index in [1.807, 2.05) is 0 Å². The molecule has 0 bridgehead atoms. The lowest BCUT2D eigenvalue weighted by atomic mass is 10.2. The average Bonchev–Trinajstić information content (AvgIpc) is 2.76. The Hall–Kier alpha value is -2.38. The molecule has 1 aromatic heterocycles. The van der Waals surface area contributed by atoms with E-state index >= 15 is 0 Å². The summed E-state index contributed by atoms with van der Waals surface area (Å²) in [6.07, 6.45) is 0. The minimum Gasteiger partial charge on any atom is -0.475 e. The number of carboxylic acids is 1. The fourth-order valence-corrected chi connectivity index (χ4v) is 1.20. The van der Waals surface area contributed by atoms with Crippen LogP contribution in [0.4, 0.5) is 0 Å². The van der Waals surface area contributed by atoms with Crippen molar-refractivity contribution < 1.29 is 24.0 Å². The number of nitrogens with one attached hydrogen (secondary N) is 1. The maximum atomic E-state index is 11.6. The first-order valence-electron chi connectivity index (χ1n) is 5.05. The fourth-order valence-electron chi connectivity index (χ4n) is 1.20. The van der Waals surface area contributed by atoms with E-state index in [2.05, 4.69) is 15.0 Å². The molecule has 0 radical (unpaired) electrons. The maximum absolute atomic E-state index is 11.6. The number of carbonyl (C=O) groups excluding carboxylic acids is 2. The number of carbonyl (C=O) groups is 3. The summed E-state index contributed by atoms with van der Waals surface area (Å²) in [6, 6.07) is 0.252. The van der Waals surface area contributed by atoms with Crippen molar-refractivity contribution in [2.24, 2.45) is 0 Å². The molecule has 0 aromatic carbocycles. The number of aromatic carboxylic acids is 1. The quantitative estimate of drug-likeness (QED) is 0.755. The molecule has 0 fully saturated rings. The molecule has 98 valence electrons. The number of nitrogens with zero attached hydrogens (tertiary/aromatic N) is 2. The van der Waals surface area contributed by atoms with Crippen molar-refractivity contribution in [2.45, 2.75) is 13.0 Å². The van der Waals surface area contributed by atoms with Gasteiger partial charge in [-0.2, -0.15) is 0 Å². The second-order valence-corrected chi connectivity index (χ2v) is 3.81. The van der Waals surface area contributed by atoms with E-state index in [-0.39, 0.29) is 11.6 Å². The third-order valence-corrected chi connectivity index (χ3v) is 2.11. The van der Waals surface area contributed by atoms with E-state index in [0.29, 0.717) is 0 Å². The normalized spacial score (nSPS) is 11.7. The van der Waals surface area contributed by atoms with Crippen LogP contribution in [-0.2, 0) is 4.79 Å². The summed E-state index contributed by atoms with van der Waals surface area (Å²) >= 11 is 0. The zero-order valence-corrected chi connectivity index (χ0v) is 10.1. The van der Waals surface area contributed by atoms with Crippen molar-refractivity contribution in [3.8, 4) is 0 Å². The minimum absolute atomic E-state index is 0.189. The van der Waals surface area contributed by atoms with Crippen molar-refractivity contribution >= 4 is 17.8 Å². The molecule has 8 nitrogen and oxygen atoms in total. The first-order valence-corrected chi connectivity index (χ1v) is 5.05. The summed E-state index contributed by atoms with van der Waals surface area (Å²) in [5, 5.41) is 14.3. The van der Waals surface area contributed by atoms with Crippen molar-refractivity contribution in [1.29, 1.82) is 0 Å². The first kappa shape index (κ1) is 13.7. The van der Waals surface area contributed by atoms with Gasteiger partial charge in [-0.3, -0.25) is 9.59 Å². The zero-order chi connectivity index (χ0) is 13.9. The molecule has 8 heteroatoms. The van der Waals surface area contributed by atoms with Gasteiger partial charge in [-0.05, 0) is 6.92 Å². The van der Waals surface area contributed by atoms with Crippen molar-refractivity contribution in [3.63, 3.8) is 0 Å². The van der Waals surface area contributed by atoms with Gasteiger partial charge in [-0.1, -0.05) is 5.16 Å². The van der Waals surface area contributed by atoms with Gasteiger partial charge >= 0.3 is 5.97 Å². The van der Waals surface area contributed by atoms with Gasteiger partial charge in [0.15, 0.2) is 5.69 Å². The second kappa shape index (κ2) is 5.30. The maximum Gasteiger partial charge on any atom is 0.374 e. The first-order chi connectivity index (χ1) is 8.32. The van der Waals surface area contributed by atoms with Crippen molar-refractivity contribution in [1.82, 2.24) is 15.4 Å². The van der Waals surface area contributed by atoms with Gasteiger partial charge in [0.25, 0.3) is 5.91 Å². The average molecular weight is 255 g/mol. The molecule has 0 aliphatic heterocycles. The standard InChI is InChI=1S/C10H13N3O5/c1-5(9(15)13(2)3)11-8(14)6-4-7(10(16)17)18-12-6/h4-5H,1-3H3,(H,11,14)(H,16,17). The number of carboxylic acid groups (broad SMARTS) is 1. The Kier molecular flexibility index (Phi) is 4.03. The molecule has 1 unspecified atom stereocenters. The Morgan fingerprint density at radius 3 is 2.50 bits per heavy atom. The molecule has 1 atom stereocenters. The summed E-state index contributed by atoms with van der Waals surface area (Å²) in [5.41, 5.74) is -0.189. The molecular formula is C10H13N3O5. The summed E-state index contributed by atoms with van der Waals surface area (Å²) in [6.45, 7) is 1.51. The molecule has 1 rings (SSSR count). The third kappa shape index (κ3) is 3.06. The smallest absolute Gasteiger partial charge is 0.374 e. The largest absolute Gasteiger partial charge is 0.475 e. The van der Waals surface area contributed by atoms with Crippen LogP contribution in [0.15, 0.2) is 10.6 Å². The number of amides is 2. The molecule has 0 saturated carbocycles. The minimum atomic E-state index is -1.32. The second-order valence-electron chi connectivity index (χ2n) is 3.81. The molecule has 2 amide bonds. The van der Waals surface area contributed by atoms with E-state index in [1.165, 1.54) is 11.8 Å². The monoisotopic (exact) mass is 255 g/mol. The van der Waals surface area contributed by atoms with Gasteiger partial charge in [0.1, 0.15) is 6.04 Å². The molecule has 18 heavy (non-hydrogen) atoms. The van der Waals surface area contributed by atoms with Crippen LogP contribution >= 0.6 is 0 Å². The molecule has 2 N–H and O–H groups in total. The highest BCUT2D eigenvalue weighted by Crippen LogP contribution is 2.04. The van der Waals surface area contributed by atoms with Crippen LogP contribution in [0.2, 0.25) is 0 Å². The van der Waals surface area contributed by atoms with Crippen molar-refractivity contribution in [3.05, 3.63) is 17.5 Å². The number of hydrogen-bond donors (Lipinski definition) is 2. The van der Waals surface area contributed by atoms with E-state index in [1.54, 1.807) is 14.1 Å². The lowest BCUT2D eigenvalue weighted by Crippen LogP contribution is -2.44. The molecule has 0 aliphatic rings. The van der Waals surface area contributed by atoms with Crippen molar-refractivity contribution in [2.75, 3.05) is 14.1 Å². The summed E-state index contributed by atoms with van der Waals surface area (Å²) in [4.78, 5) is 35.0. The molecule has 0 aliphatic carbocycles. The van der Waals surface area contributed by atoms with E-state index in [4.69, 9.17) is 5.11 Å². The Bertz CT molecular complexity index is 480. The van der Waals surface area contributed by atoms with Crippen LogP contribution < -0.4 is 5.32 Å². The highest BCUT2D eigenvalue weighted by Gasteiger charge is 2.21. The number of likely N-dealkylation sites (N-methyl/N-ethyl adjacent to an activating group) is 1. The molecular weight excluding hydrogens is 242 g/mol. The van der Waals surface area contributed by atoms with Gasteiger partial charge in [-0.25, -0.2) is 4.79 Å². The van der Waals surface area contributed by atoms with Gasteiger partial charge in [0.05, 0.1) is 0 Å². The lowest BCUT2D eigenvalue weighted by Gasteiger charge is -2.17. The van der Waals surface area contributed by atoms with Crippen LogP contribution in [0.1, 0.15) is 28.0 Å². The Balaban J connectivity index is 2.70.